The number of rotatable bonds is 0. The van der Waals surface area contributed by atoms with Crippen LogP contribution in [0.4, 0.5) is 0 Å². The van der Waals surface area contributed by atoms with Gasteiger partial charge in [-0.05, 0) is 0 Å². The van der Waals surface area contributed by atoms with Gasteiger partial charge in [-0.1, -0.05) is 0 Å². The number of thioether (sulfide) groups is 1. The van der Waals surface area contributed by atoms with Crippen LogP contribution in [0.25, 0.3) is 0 Å². The molecule has 0 aromatic heterocycles. The van der Waals surface area contributed by atoms with E-state index in [4.69, 9.17) is 4.84 Å². The maximum absolute atomic E-state index is 11.1. The molecule has 2 aliphatic heterocycles. The van der Waals surface area contributed by atoms with Crippen LogP contribution in [0.3, 0.4) is 0 Å². The summed E-state index contributed by atoms with van der Waals surface area (Å²) in [6.45, 7) is 1.40. The number of β-lactam (4-membered cyclic amide) rings is 1. The minimum absolute atomic E-state index is 0.0592. The van der Waals surface area contributed by atoms with E-state index in [2.05, 4.69) is 5.32 Å². The second-order valence-corrected chi connectivity index (χ2v) is 4.00. The van der Waals surface area contributed by atoms with E-state index in [1.807, 2.05) is 0 Å². The predicted octanol–water partition coefficient (Wildman–Crippen LogP) is -0.662. The molecule has 2 amide bonds. The third-order valence-electron chi connectivity index (χ3n) is 2.11. The van der Waals surface area contributed by atoms with Gasteiger partial charge in [-0.15, -0.1) is 11.8 Å². The first kappa shape index (κ1) is 8.83. The Balaban J connectivity index is 2.14. The molecule has 72 valence electrons. The predicted molar refractivity (Wildman–Crippen MR) is 46.6 cm³/mol. The van der Waals surface area contributed by atoms with Gasteiger partial charge >= 0.3 is 0 Å². The van der Waals surface area contributed by atoms with Crippen molar-refractivity contribution in [1.29, 1.82) is 0 Å². The van der Waals surface area contributed by atoms with Crippen LogP contribution in [-0.4, -0.2) is 40.7 Å². The summed E-state index contributed by atoms with van der Waals surface area (Å²) in [5.74, 6) is 0.900. The van der Waals surface area contributed by atoms with Gasteiger partial charge in [-0.25, -0.2) is 5.06 Å². The van der Waals surface area contributed by atoms with E-state index in [-0.39, 0.29) is 17.9 Å². The first-order valence-corrected chi connectivity index (χ1v) is 5.16. The van der Waals surface area contributed by atoms with Crippen LogP contribution in [0.15, 0.2) is 0 Å². The molecule has 2 saturated heterocycles. The summed E-state index contributed by atoms with van der Waals surface area (Å²) in [5, 5.41) is 3.92. The number of carbonyl (C=O) groups excluding carboxylic acids is 2. The minimum Gasteiger partial charge on any atom is -0.348 e. The molecule has 5 nitrogen and oxygen atoms in total. The minimum atomic E-state index is -0.410. The molecule has 0 aromatic rings. The van der Waals surface area contributed by atoms with E-state index in [0.29, 0.717) is 5.94 Å². The molecule has 6 heteroatoms. The molecule has 2 atom stereocenters. The van der Waals surface area contributed by atoms with Crippen molar-refractivity contribution < 1.29 is 14.4 Å². The maximum atomic E-state index is 11.1. The Morgan fingerprint density at radius 1 is 1.77 bits per heavy atom. The van der Waals surface area contributed by atoms with Gasteiger partial charge in [0, 0.05) is 12.7 Å². The van der Waals surface area contributed by atoms with Crippen LogP contribution in [-0.2, 0) is 14.4 Å². The first-order chi connectivity index (χ1) is 6.20. The second kappa shape index (κ2) is 3.19. The van der Waals surface area contributed by atoms with Gasteiger partial charge in [0.25, 0.3) is 0 Å². The van der Waals surface area contributed by atoms with Crippen LogP contribution in [0, 0.1) is 0 Å². The highest BCUT2D eigenvalue weighted by Gasteiger charge is 2.46. The molecule has 0 aromatic carbocycles. The van der Waals surface area contributed by atoms with Crippen molar-refractivity contribution in [2.75, 3.05) is 11.7 Å². The Morgan fingerprint density at radius 3 is 3.15 bits per heavy atom. The zero-order valence-electron chi connectivity index (χ0n) is 7.15. The maximum Gasteiger partial charge on any atom is 0.247 e. The number of hydrogen-bond acceptors (Lipinski definition) is 4. The summed E-state index contributed by atoms with van der Waals surface area (Å²) in [4.78, 5) is 27.4. The van der Waals surface area contributed by atoms with Crippen LogP contribution < -0.4 is 5.32 Å². The first-order valence-electron chi connectivity index (χ1n) is 4.01. The van der Waals surface area contributed by atoms with Crippen LogP contribution >= 0.6 is 11.8 Å². The molecule has 13 heavy (non-hydrogen) atoms. The molecule has 0 aliphatic carbocycles. The Labute approximate surface area is 79.7 Å². The zero-order valence-corrected chi connectivity index (χ0v) is 7.97. The Kier molecular flexibility index (Phi) is 2.17. The van der Waals surface area contributed by atoms with Gasteiger partial charge in [-0.2, -0.15) is 0 Å². The second-order valence-electron chi connectivity index (χ2n) is 3.02. The highest BCUT2D eigenvalue weighted by Crippen LogP contribution is 2.23. The van der Waals surface area contributed by atoms with Crippen molar-refractivity contribution in [3.8, 4) is 0 Å². The highest BCUT2D eigenvalue weighted by atomic mass is 32.2. The molecule has 0 radical (unpaired) electrons. The van der Waals surface area contributed by atoms with Crippen LogP contribution in [0.5, 0.6) is 0 Å². The summed E-state index contributed by atoms with van der Waals surface area (Å²) in [6, 6.07) is -0.351. The molecule has 2 aliphatic rings. The van der Waals surface area contributed by atoms with Crippen molar-refractivity contribution in [2.45, 2.75) is 19.0 Å². The van der Waals surface area contributed by atoms with Crippen molar-refractivity contribution in [1.82, 2.24) is 10.4 Å². The highest BCUT2D eigenvalue weighted by molar-refractivity contribution is 7.99. The number of carbonyl (C=O) groups is 2. The molecule has 2 heterocycles. The molecular weight excluding hydrogens is 192 g/mol. The molecule has 0 saturated carbocycles. The van der Waals surface area contributed by atoms with Crippen molar-refractivity contribution in [3.05, 3.63) is 0 Å². The van der Waals surface area contributed by atoms with E-state index in [0.717, 1.165) is 5.75 Å². The number of hydroxylamine groups is 2. The molecule has 0 spiro atoms. The van der Waals surface area contributed by atoms with Crippen molar-refractivity contribution >= 4 is 23.6 Å². The molecular formula is C7H10N2O3S. The number of amides is 2. The van der Waals surface area contributed by atoms with Gasteiger partial charge in [0.2, 0.25) is 11.8 Å². The number of hydrogen-bond donors (Lipinski definition) is 1. The average Bonchev–Trinajstić information content (AvgIpc) is 2.22. The van der Waals surface area contributed by atoms with Crippen LogP contribution in [0.2, 0.25) is 0 Å². The van der Waals surface area contributed by atoms with E-state index in [9.17, 15) is 9.59 Å². The molecule has 0 bridgehead atoms. The fraction of sp³-hybridized carbons (Fsp3) is 0.714. The lowest BCUT2D eigenvalue weighted by Gasteiger charge is -2.39. The largest absolute Gasteiger partial charge is 0.348 e. The topological polar surface area (TPSA) is 58.6 Å². The van der Waals surface area contributed by atoms with Gasteiger partial charge < -0.3 is 5.32 Å². The van der Waals surface area contributed by atoms with Gasteiger partial charge in [-0.3, -0.25) is 14.4 Å². The van der Waals surface area contributed by atoms with E-state index >= 15 is 0 Å². The molecule has 2 rings (SSSR count). The normalized spacial score (nSPS) is 32.7. The lowest BCUT2D eigenvalue weighted by molar-refractivity contribution is -0.200. The number of nitrogens with zero attached hydrogens (tertiary/aromatic N) is 1. The zero-order chi connectivity index (χ0) is 9.42. The monoisotopic (exact) mass is 202 g/mol. The van der Waals surface area contributed by atoms with Gasteiger partial charge in [0.1, 0.15) is 5.94 Å². The number of nitrogens with one attached hydrogen (secondary N) is 1. The Bertz CT molecular complexity index is 250. The smallest absolute Gasteiger partial charge is 0.247 e. The fourth-order valence-electron chi connectivity index (χ4n) is 1.47. The van der Waals surface area contributed by atoms with E-state index < -0.39 is 6.04 Å². The Morgan fingerprint density at radius 2 is 2.54 bits per heavy atom. The summed E-state index contributed by atoms with van der Waals surface area (Å²) in [7, 11) is 0. The standard InChI is InChI=1S/C7H10N2O3S/c1-4(10)9-6-5(8-7(6)11)2-13-3-12-9/h5-6H,2-3H2,1H3,(H,8,11). The average molecular weight is 202 g/mol. The summed E-state index contributed by atoms with van der Waals surface area (Å²) in [6.07, 6.45) is 0. The quantitative estimate of drug-likeness (QED) is 0.530. The van der Waals surface area contributed by atoms with Gasteiger partial charge in [0.05, 0.1) is 6.04 Å². The summed E-state index contributed by atoms with van der Waals surface area (Å²) >= 11 is 1.57. The van der Waals surface area contributed by atoms with Crippen molar-refractivity contribution in [2.24, 2.45) is 0 Å². The van der Waals surface area contributed by atoms with Gasteiger partial charge in [0.15, 0.2) is 6.04 Å². The van der Waals surface area contributed by atoms with E-state index in [1.54, 1.807) is 11.8 Å². The molecule has 1 N–H and O–H groups in total. The lowest BCUT2D eigenvalue weighted by atomic mass is 10.0. The third kappa shape index (κ3) is 1.40. The molecule has 2 unspecified atom stereocenters. The SMILES string of the molecule is CC(=O)N1OCSCC2NC(=O)C21. The fourth-order valence-corrected chi connectivity index (χ4v) is 2.28. The summed E-state index contributed by atoms with van der Waals surface area (Å²) in [5.41, 5.74) is 0. The molecule has 2 fully saturated rings. The number of fused-ring (bicyclic) bond motifs is 1. The Hall–Kier alpha value is -0.750. The third-order valence-corrected chi connectivity index (χ3v) is 2.98. The lowest BCUT2D eigenvalue weighted by Crippen LogP contribution is -2.69. The summed E-state index contributed by atoms with van der Waals surface area (Å²) < 4.78 is 0. The van der Waals surface area contributed by atoms with Crippen molar-refractivity contribution in [3.63, 3.8) is 0 Å². The van der Waals surface area contributed by atoms with E-state index in [1.165, 1.54) is 12.0 Å². The van der Waals surface area contributed by atoms with Crippen LogP contribution in [0.1, 0.15) is 6.92 Å².